The van der Waals surface area contributed by atoms with Crippen molar-refractivity contribution in [2.24, 2.45) is 0 Å². The minimum Gasteiger partial charge on any atom is -0.391 e. The molecule has 1 heterocycles. The van der Waals surface area contributed by atoms with Gasteiger partial charge in [-0.25, -0.2) is 0 Å². The Morgan fingerprint density at radius 2 is 1.96 bits per heavy atom. The summed E-state index contributed by atoms with van der Waals surface area (Å²) in [7, 11) is 1.81. The second-order valence-corrected chi connectivity index (χ2v) is 7.19. The van der Waals surface area contributed by atoms with E-state index in [0.717, 1.165) is 5.70 Å². The molecule has 0 saturated heterocycles. The van der Waals surface area contributed by atoms with E-state index in [1.807, 2.05) is 13.8 Å². The molecular formula is C19H26ClN5O2. The maximum absolute atomic E-state index is 12.2. The molecule has 0 radical (unpaired) electrons. The number of carbonyl (C=O) groups excluding carboxylic acids is 2. The molecule has 7 nitrogen and oxygen atoms in total. The smallest absolute Gasteiger partial charge is 0.251 e. The molecule has 2 rings (SSSR count). The standard InChI is InChI=1S/C19H26ClN5O2/c1-11(2)23-19(27)13-7-14(20)9-15(8-13)24-18(21)16-10-25(12(3)26)6-5-17(16)22-4/h7-9,11,22H,5-6,10H2,1-4H3,(H2,21,24)(H,23,27). The number of hydrogen-bond donors (Lipinski definition) is 4. The number of anilines is 1. The second-order valence-electron chi connectivity index (χ2n) is 6.75. The first-order chi connectivity index (χ1) is 12.7. The Morgan fingerprint density at radius 1 is 1.26 bits per heavy atom. The maximum Gasteiger partial charge on any atom is 0.251 e. The van der Waals surface area contributed by atoms with Gasteiger partial charge in [0.2, 0.25) is 5.91 Å². The van der Waals surface area contributed by atoms with Crippen molar-refractivity contribution in [3.05, 3.63) is 40.1 Å². The van der Waals surface area contributed by atoms with Crippen LogP contribution in [0.15, 0.2) is 29.5 Å². The molecule has 27 heavy (non-hydrogen) atoms. The zero-order valence-electron chi connectivity index (χ0n) is 16.1. The van der Waals surface area contributed by atoms with E-state index in [1.54, 1.807) is 30.1 Å². The molecule has 0 atom stereocenters. The number of nitrogens with zero attached hydrogens (tertiary/aromatic N) is 1. The molecular weight excluding hydrogens is 366 g/mol. The van der Waals surface area contributed by atoms with E-state index in [4.69, 9.17) is 17.0 Å². The minimum atomic E-state index is -0.224. The highest BCUT2D eigenvalue weighted by Gasteiger charge is 2.23. The summed E-state index contributed by atoms with van der Waals surface area (Å²) in [5.74, 6) is -0.0775. The van der Waals surface area contributed by atoms with Crippen molar-refractivity contribution in [3.8, 4) is 0 Å². The molecule has 1 aliphatic rings. The molecule has 1 aromatic rings. The zero-order chi connectivity index (χ0) is 20.1. The van der Waals surface area contributed by atoms with E-state index in [9.17, 15) is 9.59 Å². The number of hydrogen-bond acceptors (Lipinski definition) is 4. The number of rotatable bonds is 5. The molecule has 0 aliphatic carbocycles. The van der Waals surface area contributed by atoms with E-state index >= 15 is 0 Å². The van der Waals surface area contributed by atoms with Crippen LogP contribution in [0.1, 0.15) is 37.6 Å². The highest BCUT2D eigenvalue weighted by molar-refractivity contribution is 6.31. The summed E-state index contributed by atoms with van der Waals surface area (Å²) in [5.41, 5.74) is 2.60. The van der Waals surface area contributed by atoms with Gasteiger partial charge in [-0.2, -0.15) is 0 Å². The lowest BCUT2D eigenvalue weighted by molar-refractivity contribution is -0.128. The van der Waals surface area contributed by atoms with Crippen molar-refractivity contribution >= 4 is 34.9 Å². The lowest BCUT2D eigenvalue weighted by atomic mass is 10.0. The molecule has 0 bridgehead atoms. The van der Waals surface area contributed by atoms with E-state index in [2.05, 4.69) is 16.0 Å². The average Bonchev–Trinajstić information content (AvgIpc) is 2.59. The molecule has 0 saturated carbocycles. The molecule has 4 N–H and O–H groups in total. The van der Waals surface area contributed by atoms with Crippen molar-refractivity contribution in [2.45, 2.75) is 33.2 Å². The first kappa shape index (κ1) is 20.8. The number of halogens is 1. The minimum absolute atomic E-state index is 0.00864. The lowest BCUT2D eigenvalue weighted by Gasteiger charge is -2.30. The fraction of sp³-hybridized carbons (Fsp3) is 0.421. The lowest BCUT2D eigenvalue weighted by Crippen LogP contribution is -2.40. The molecule has 0 spiro atoms. The molecule has 0 aromatic heterocycles. The van der Waals surface area contributed by atoms with Crippen LogP contribution in [0, 0.1) is 5.41 Å². The molecule has 146 valence electrons. The maximum atomic E-state index is 12.2. The number of amidine groups is 1. The summed E-state index contributed by atoms with van der Waals surface area (Å²) in [6.07, 6.45) is 0.660. The van der Waals surface area contributed by atoms with Gasteiger partial charge in [-0.1, -0.05) is 11.6 Å². The van der Waals surface area contributed by atoms with Gasteiger partial charge in [0.25, 0.3) is 5.91 Å². The molecule has 0 unspecified atom stereocenters. The normalized spacial score (nSPS) is 14.2. The van der Waals surface area contributed by atoms with Gasteiger partial charge in [0.1, 0.15) is 5.84 Å². The van der Waals surface area contributed by atoms with Crippen LogP contribution in [0.2, 0.25) is 5.02 Å². The van der Waals surface area contributed by atoms with Crippen molar-refractivity contribution in [1.82, 2.24) is 15.5 Å². The monoisotopic (exact) mass is 391 g/mol. The van der Waals surface area contributed by atoms with Gasteiger partial charge < -0.3 is 20.9 Å². The summed E-state index contributed by atoms with van der Waals surface area (Å²) in [4.78, 5) is 25.7. The van der Waals surface area contributed by atoms with Gasteiger partial charge in [-0.05, 0) is 32.0 Å². The SMILES string of the molecule is CNC1=C(C(=N)Nc2cc(Cl)cc(C(=O)NC(C)C)c2)CN(C(C)=O)CC1. The van der Waals surface area contributed by atoms with Gasteiger partial charge in [0.15, 0.2) is 0 Å². The first-order valence-corrected chi connectivity index (χ1v) is 9.21. The van der Waals surface area contributed by atoms with Crippen LogP contribution >= 0.6 is 11.6 Å². The van der Waals surface area contributed by atoms with Crippen molar-refractivity contribution in [1.29, 1.82) is 5.41 Å². The van der Waals surface area contributed by atoms with Crippen molar-refractivity contribution in [3.63, 3.8) is 0 Å². The highest BCUT2D eigenvalue weighted by atomic mass is 35.5. The Morgan fingerprint density at radius 3 is 2.56 bits per heavy atom. The average molecular weight is 392 g/mol. The third-order valence-corrected chi connectivity index (χ3v) is 4.46. The second kappa shape index (κ2) is 8.90. The van der Waals surface area contributed by atoms with Crippen LogP contribution in [0.4, 0.5) is 5.69 Å². The molecule has 2 amide bonds. The Labute approximate surface area is 164 Å². The third-order valence-electron chi connectivity index (χ3n) is 4.24. The van der Waals surface area contributed by atoms with Gasteiger partial charge in [-0.15, -0.1) is 0 Å². The Bertz CT molecular complexity index is 788. The summed E-state index contributed by atoms with van der Waals surface area (Å²) in [5, 5.41) is 17.8. The summed E-state index contributed by atoms with van der Waals surface area (Å²) < 4.78 is 0. The van der Waals surface area contributed by atoms with Crippen LogP contribution in [-0.2, 0) is 4.79 Å². The number of nitrogens with one attached hydrogen (secondary N) is 4. The van der Waals surface area contributed by atoms with Gasteiger partial charge >= 0.3 is 0 Å². The van der Waals surface area contributed by atoms with E-state index in [0.29, 0.717) is 41.4 Å². The zero-order valence-corrected chi connectivity index (χ0v) is 16.8. The summed E-state index contributed by atoms with van der Waals surface area (Å²) in [6, 6.07) is 4.91. The van der Waals surface area contributed by atoms with Crippen LogP contribution in [0.3, 0.4) is 0 Å². The predicted molar refractivity (Wildman–Crippen MR) is 108 cm³/mol. The fourth-order valence-corrected chi connectivity index (χ4v) is 3.13. The summed E-state index contributed by atoms with van der Waals surface area (Å²) in [6.45, 7) is 6.27. The van der Waals surface area contributed by atoms with E-state index < -0.39 is 0 Å². The Hall–Kier alpha value is -2.54. The predicted octanol–water partition coefficient (Wildman–Crippen LogP) is 2.59. The fourth-order valence-electron chi connectivity index (χ4n) is 2.90. The third kappa shape index (κ3) is 5.47. The number of benzene rings is 1. The molecule has 0 fully saturated rings. The Kier molecular flexibility index (Phi) is 6.85. The number of amides is 2. The van der Waals surface area contributed by atoms with Gasteiger partial charge in [-0.3, -0.25) is 15.0 Å². The highest BCUT2D eigenvalue weighted by Crippen LogP contribution is 2.22. The van der Waals surface area contributed by atoms with Gasteiger partial charge in [0, 0.05) is 60.5 Å². The van der Waals surface area contributed by atoms with E-state index in [-0.39, 0.29) is 23.7 Å². The molecule has 8 heteroatoms. The van der Waals surface area contributed by atoms with Crippen LogP contribution in [-0.4, -0.2) is 48.7 Å². The van der Waals surface area contributed by atoms with Crippen LogP contribution in [0.5, 0.6) is 0 Å². The quantitative estimate of drug-likeness (QED) is 0.458. The topological polar surface area (TPSA) is 97.3 Å². The Balaban J connectivity index is 2.23. The largest absolute Gasteiger partial charge is 0.391 e. The van der Waals surface area contributed by atoms with E-state index in [1.165, 1.54) is 6.92 Å². The van der Waals surface area contributed by atoms with Crippen molar-refractivity contribution in [2.75, 3.05) is 25.5 Å². The molecule has 1 aliphatic heterocycles. The first-order valence-electron chi connectivity index (χ1n) is 8.84. The number of carbonyl (C=O) groups is 2. The van der Waals surface area contributed by atoms with Crippen LogP contribution < -0.4 is 16.0 Å². The van der Waals surface area contributed by atoms with Crippen LogP contribution in [0.25, 0.3) is 0 Å². The summed E-state index contributed by atoms with van der Waals surface area (Å²) >= 11 is 6.15. The molecule has 1 aromatic carbocycles. The van der Waals surface area contributed by atoms with Gasteiger partial charge in [0.05, 0.1) is 6.54 Å². The van der Waals surface area contributed by atoms with Crippen molar-refractivity contribution < 1.29 is 9.59 Å².